The first kappa shape index (κ1) is 19.3. The Labute approximate surface area is 171 Å². The number of ether oxygens (including phenoxy) is 1. The van der Waals surface area contributed by atoms with E-state index in [0.29, 0.717) is 28.1 Å². The van der Waals surface area contributed by atoms with Crippen LogP contribution in [0.2, 0.25) is 0 Å². The Morgan fingerprint density at radius 1 is 0.867 bits per heavy atom. The molecule has 0 bridgehead atoms. The Kier molecular flexibility index (Phi) is 5.22. The molecule has 0 fully saturated rings. The van der Waals surface area contributed by atoms with Gasteiger partial charge in [-0.25, -0.2) is 4.39 Å². The predicted octanol–water partition coefficient (Wildman–Crippen LogP) is 4.31. The van der Waals surface area contributed by atoms with Gasteiger partial charge < -0.3 is 10.1 Å². The van der Waals surface area contributed by atoms with Gasteiger partial charge in [-0.2, -0.15) is 0 Å². The largest absolute Gasteiger partial charge is 0.484 e. The molecule has 0 saturated heterocycles. The van der Waals surface area contributed by atoms with E-state index in [1.165, 1.54) is 24.3 Å². The van der Waals surface area contributed by atoms with Gasteiger partial charge in [0.2, 0.25) is 0 Å². The first-order valence-electron chi connectivity index (χ1n) is 9.20. The van der Waals surface area contributed by atoms with E-state index in [9.17, 15) is 18.8 Å². The smallest absolute Gasteiger partial charge is 0.262 e. The van der Waals surface area contributed by atoms with E-state index in [-0.39, 0.29) is 35.5 Å². The van der Waals surface area contributed by atoms with Crippen LogP contribution in [-0.2, 0) is 4.79 Å². The van der Waals surface area contributed by atoms with Crippen LogP contribution in [0, 0.1) is 5.82 Å². The average molecular weight is 401 g/mol. The predicted molar refractivity (Wildman–Crippen MR) is 110 cm³/mol. The topological polar surface area (TPSA) is 72.5 Å². The molecule has 4 rings (SSSR count). The molecule has 1 aliphatic carbocycles. The Bertz CT molecular complexity index is 1130. The molecule has 148 valence electrons. The first-order chi connectivity index (χ1) is 14.5. The molecule has 3 aromatic carbocycles. The van der Waals surface area contributed by atoms with Crippen molar-refractivity contribution in [2.75, 3.05) is 11.9 Å². The monoisotopic (exact) mass is 401 g/mol. The second kappa shape index (κ2) is 8.13. The Hall–Kier alpha value is -4.06. The van der Waals surface area contributed by atoms with Gasteiger partial charge in [0.25, 0.3) is 5.91 Å². The van der Waals surface area contributed by atoms with Crippen molar-refractivity contribution in [2.45, 2.75) is 0 Å². The van der Waals surface area contributed by atoms with Crippen LogP contribution < -0.4 is 10.1 Å². The summed E-state index contributed by atoms with van der Waals surface area (Å²) in [5.41, 5.74) is 2.10. The molecule has 6 heteroatoms. The summed E-state index contributed by atoms with van der Waals surface area (Å²) >= 11 is 0. The van der Waals surface area contributed by atoms with Gasteiger partial charge in [0, 0.05) is 16.8 Å². The molecule has 0 atom stereocenters. The lowest BCUT2D eigenvalue weighted by atomic mass is 10.1. The van der Waals surface area contributed by atoms with Crippen LogP contribution in [0.5, 0.6) is 5.75 Å². The number of nitrogens with one attached hydrogen (secondary N) is 1. The summed E-state index contributed by atoms with van der Waals surface area (Å²) in [4.78, 5) is 36.8. The molecule has 3 aromatic rings. The zero-order valence-corrected chi connectivity index (χ0v) is 15.7. The van der Waals surface area contributed by atoms with Crippen molar-refractivity contribution in [3.63, 3.8) is 0 Å². The second-order valence-corrected chi connectivity index (χ2v) is 6.67. The molecule has 1 aliphatic rings. The quantitative estimate of drug-likeness (QED) is 0.511. The molecule has 0 saturated carbocycles. The number of ketones is 2. The van der Waals surface area contributed by atoms with Gasteiger partial charge in [-0.3, -0.25) is 14.4 Å². The summed E-state index contributed by atoms with van der Waals surface area (Å²) in [5.74, 6) is -0.877. The highest BCUT2D eigenvalue weighted by Gasteiger charge is 2.32. The van der Waals surface area contributed by atoms with E-state index in [0.717, 1.165) is 0 Å². The molecular weight excluding hydrogens is 385 g/mol. The van der Waals surface area contributed by atoms with E-state index in [4.69, 9.17) is 4.74 Å². The Balaban J connectivity index is 1.38. The lowest BCUT2D eigenvalue weighted by molar-refractivity contribution is -0.118. The van der Waals surface area contributed by atoms with Gasteiger partial charge in [0.1, 0.15) is 11.6 Å². The third-order valence-corrected chi connectivity index (χ3v) is 4.59. The number of fused-ring (bicyclic) bond motifs is 1. The maximum Gasteiger partial charge on any atom is 0.262 e. The molecule has 0 unspecified atom stereocenters. The Morgan fingerprint density at radius 3 is 2.07 bits per heavy atom. The molecule has 0 aliphatic heterocycles. The van der Waals surface area contributed by atoms with E-state index in [1.54, 1.807) is 54.6 Å². The minimum atomic E-state index is -0.385. The SMILES string of the molecule is O=C(COc1ccc(C=C2C(=O)c3ccccc3C2=O)cc1)Nc1ccc(F)cc1. The normalized spacial score (nSPS) is 12.5. The fraction of sp³-hybridized carbons (Fsp3) is 0.0417. The van der Waals surface area contributed by atoms with Crippen LogP contribution in [-0.4, -0.2) is 24.1 Å². The lowest BCUT2D eigenvalue weighted by Crippen LogP contribution is -2.20. The first-order valence-corrected chi connectivity index (χ1v) is 9.20. The van der Waals surface area contributed by atoms with Crippen LogP contribution in [0.25, 0.3) is 6.08 Å². The van der Waals surface area contributed by atoms with Crippen molar-refractivity contribution in [3.05, 3.63) is 101 Å². The van der Waals surface area contributed by atoms with Gasteiger partial charge in [0.15, 0.2) is 18.2 Å². The molecule has 30 heavy (non-hydrogen) atoms. The summed E-state index contributed by atoms with van der Waals surface area (Å²) in [7, 11) is 0. The molecule has 0 aromatic heterocycles. The molecule has 1 amide bonds. The van der Waals surface area contributed by atoms with Gasteiger partial charge >= 0.3 is 0 Å². The van der Waals surface area contributed by atoms with Crippen molar-refractivity contribution in [1.29, 1.82) is 0 Å². The molecular formula is C24H16FNO4. The maximum atomic E-state index is 12.9. The molecule has 1 N–H and O–H groups in total. The third-order valence-electron chi connectivity index (χ3n) is 4.59. The minimum Gasteiger partial charge on any atom is -0.484 e. The van der Waals surface area contributed by atoms with Gasteiger partial charge in [-0.05, 0) is 48.0 Å². The highest BCUT2D eigenvalue weighted by atomic mass is 19.1. The van der Waals surface area contributed by atoms with Gasteiger partial charge in [-0.1, -0.05) is 36.4 Å². The molecule has 0 radical (unpaired) electrons. The van der Waals surface area contributed by atoms with Crippen molar-refractivity contribution in [3.8, 4) is 5.75 Å². The second-order valence-electron chi connectivity index (χ2n) is 6.67. The van der Waals surface area contributed by atoms with Gasteiger partial charge in [0.05, 0.1) is 5.57 Å². The highest BCUT2D eigenvalue weighted by Crippen LogP contribution is 2.28. The number of carbonyl (C=O) groups excluding carboxylic acids is 3. The molecule has 0 spiro atoms. The molecule has 0 heterocycles. The molecule has 5 nitrogen and oxygen atoms in total. The average Bonchev–Trinajstić information content (AvgIpc) is 3.00. The van der Waals surface area contributed by atoms with E-state index >= 15 is 0 Å². The van der Waals surface area contributed by atoms with E-state index in [1.807, 2.05) is 0 Å². The van der Waals surface area contributed by atoms with Crippen LogP contribution in [0.15, 0.2) is 78.4 Å². The number of Topliss-reactive ketones (excluding diaryl/α,β-unsaturated/α-hetero) is 2. The zero-order chi connectivity index (χ0) is 21.1. The summed E-state index contributed by atoms with van der Waals surface area (Å²) in [6.07, 6.45) is 1.55. The van der Waals surface area contributed by atoms with Crippen molar-refractivity contribution in [2.24, 2.45) is 0 Å². The summed E-state index contributed by atoms with van der Waals surface area (Å²) in [5, 5.41) is 2.60. The number of allylic oxidation sites excluding steroid dienone is 1. The Morgan fingerprint density at radius 2 is 1.47 bits per heavy atom. The number of benzene rings is 3. The lowest BCUT2D eigenvalue weighted by Gasteiger charge is -2.08. The van der Waals surface area contributed by atoms with Crippen molar-refractivity contribution < 1.29 is 23.5 Å². The summed E-state index contributed by atoms with van der Waals surface area (Å²) in [6, 6.07) is 18.9. The third kappa shape index (κ3) is 4.03. The number of amides is 1. The number of halogens is 1. The number of carbonyl (C=O) groups is 3. The van der Waals surface area contributed by atoms with Crippen molar-refractivity contribution in [1.82, 2.24) is 0 Å². The number of hydrogen-bond donors (Lipinski definition) is 1. The van der Waals surface area contributed by atoms with Gasteiger partial charge in [-0.15, -0.1) is 0 Å². The fourth-order valence-corrected chi connectivity index (χ4v) is 3.11. The van der Waals surface area contributed by atoms with E-state index < -0.39 is 0 Å². The zero-order valence-electron chi connectivity index (χ0n) is 15.7. The number of anilines is 1. The van der Waals surface area contributed by atoms with Crippen molar-refractivity contribution >= 4 is 29.2 Å². The highest BCUT2D eigenvalue weighted by molar-refractivity contribution is 6.41. The van der Waals surface area contributed by atoms with Crippen LogP contribution in [0.4, 0.5) is 10.1 Å². The summed E-state index contributed by atoms with van der Waals surface area (Å²) < 4.78 is 18.3. The van der Waals surface area contributed by atoms with Crippen LogP contribution >= 0.6 is 0 Å². The fourth-order valence-electron chi connectivity index (χ4n) is 3.11. The number of hydrogen-bond acceptors (Lipinski definition) is 4. The van der Waals surface area contributed by atoms with E-state index in [2.05, 4.69) is 5.32 Å². The van der Waals surface area contributed by atoms with Crippen LogP contribution in [0.1, 0.15) is 26.3 Å². The minimum absolute atomic E-state index is 0.128. The van der Waals surface area contributed by atoms with Crippen LogP contribution in [0.3, 0.4) is 0 Å². The standard InChI is InChI=1S/C24H16FNO4/c25-16-7-9-17(10-8-16)26-22(27)14-30-18-11-5-15(6-12-18)13-21-23(28)19-3-1-2-4-20(19)24(21)29/h1-13H,14H2,(H,26,27). The maximum absolute atomic E-state index is 12.9. The summed E-state index contributed by atoms with van der Waals surface area (Å²) in [6.45, 7) is -0.218. The number of rotatable bonds is 5.